The quantitative estimate of drug-likeness (QED) is 0.556. The molecule has 0 radical (unpaired) electrons. The molecule has 1 aliphatic rings. The Kier molecular flexibility index (Phi) is 7.88. The number of benzene rings is 1. The van der Waals surface area contributed by atoms with Crippen LogP contribution in [0.25, 0.3) is 0 Å². The highest BCUT2D eigenvalue weighted by molar-refractivity contribution is 5.87. The van der Waals surface area contributed by atoms with Gasteiger partial charge in [-0.3, -0.25) is 4.79 Å². The number of aliphatic carboxylic acids is 1. The molecule has 2 rings (SSSR count). The molecular weight excluding hydrogens is 318 g/mol. The average molecular weight is 347 g/mol. The van der Waals surface area contributed by atoms with Crippen LogP contribution in [-0.4, -0.2) is 53.6 Å². The molecule has 0 spiro atoms. The van der Waals surface area contributed by atoms with E-state index in [2.05, 4.69) is 17.4 Å². The monoisotopic (exact) mass is 347 g/mol. The minimum atomic E-state index is -0.907. The van der Waals surface area contributed by atoms with Crippen molar-refractivity contribution in [1.29, 1.82) is 0 Å². The van der Waals surface area contributed by atoms with Crippen molar-refractivity contribution < 1.29 is 14.7 Å². The summed E-state index contributed by atoms with van der Waals surface area (Å²) in [7, 11) is 0. The minimum Gasteiger partial charge on any atom is -0.480 e. The normalized spacial score (nSPS) is 18.3. The number of unbranched alkanes of at least 4 members (excludes halogenated alkanes) is 1. The Morgan fingerprint density at radius 1 is 1.28 bits per heavy atom. The van der Waals surface area contributed by atoms with Crippen molar-refractivity contribution in [3.8, 4) is 0 Å². The maximum absolute atomic E-state index is 12.9. The molecule has 0 unspecified atom stereocenters. The number of carbonyl (C=O) groups excluding carboxylic acids is 1. The predicted molar refractivity (Wildman–Crippen MR) is 97.2 cm³/mol. The number of hydrogen-bond donors (Lipinski definition) is 3. The minimum absolute atomic E-state index is 0.0880. The van der Waals surface area contributed by atoms with E-state index in [9.17, 15) is 14.7 Å². The summed E-state index contributed by atoms with van der Waals surface area (Å²) in [4.78, 5) is 25.8. The zero-order valence-electron chi connectivity index (χ0n) is 14.7. The second kappa shape index (κ2) is 10.2. The lowest BCUT2D eigenvalue weighted by Gasteiger charge is -2.27. The van der Waals surface area contributed by atoms with Crippen LogP contribution in [0.2, 0.25) is 0 Å². The highest BCUT2D eigenvalue weighted by atomic mass is 16.4. The third kappa shape index (κ3) is 5.83. The van der Waals surface area contributed by atoms with E-state index in [1.54, 1.807) is 0 Å². The van der Waals surface area contributed by atoms with Crippen LogP contribution in [0.4, 0.5) is 0 Å². The van der Waals surface area contributed by atoms with Gasteiger partial charge < -0.3 is 21.1 Å². The van der Waals surface area contributed by atoms with Crippen molar-refractivity contribution in [2.45, 2.75) is 50.6 Å². The smallest absolute Gasteiger partial charge is 0.326 e. The molecule has 1 aromatic rings. The number of nitrogens with two attached hydrogens (primary N) is 1. The fourth-order valence-corrected chi connectivity index (χ4v) is 3.33. The van der Waals surface area contributed by atoms with Gasteiger partial charge in [0.15, 0.2) is 0 Å². The van der Waals surface area contributed by atoms with Crippen molar-refractivity contribution in [3.63, 3.8) is 0 Å². The predicted octanol–water partition coefficient (Wildman–Crippen LogP) is 1.39. The fourth-order valence-electron chi connectivity index (χ4n) is 3.33. The SMILES string of the molecule is NCCCC[C@H](NCCc1ccccc1)C(=O)N1CCC[C@@H]1C(=O)O. The van der Waals surface area contributed by atoms with Crippen molar-refractivity contribution in [3.05, 3.63) is 35.9 Å². The Morgan fingerprint density at radius 3 is 2.72 bits per heavy atom. The van der Waals surface area contributed by atoms with Crippen LogP contribution < -0.4 is 11.1 Å². The molecule has 0 bridgehead atoms. The zero-order valence-corrected chi connectivity index (χ0v) is 14.7. The Morgan fingerprint density at radius 2 is 2.04 bits per heavy atom. The average Bonchev–Trinajstić information content (AvgIpc) is 3.11. The number of nitrogens with zero attached hydrogens (tertiary/aromatic N) is 1. The van der Waals surface area contributed by atoms with E-state index in [-0.39, 0.29) is 11.9 Å². The number of rotatable bonds is 10. The molecule has 1 aliphatic heterocycles. The third-order valence-corrected chi connectivity index (χ3v) is 4.71. The topological polar surface area (TPSA) is 95.7 Å². The molecule has 138 valence electrons. The van der Waals surface area contributed by atoms with Gasteiger partial charge in [0, 0.05) is 6.54 Å². The van der Waals surface area contributed by atoms with Gasteiger partial charge in [-0.1, -0.05) is 36.8 Å². The number of amides is 1. The molecule has 1 amide bonds. The molecule has 6 heteroatoms. The molecule has 6 nitrogen and oxygen atoms in total. The van der Waals surface area contributed by atoms with Gasteiger partial charge in [0.2, 0.25) is 5.91 Å². The van der Waals surface area contributed by atoms with Crippen molar-refractivity contribution in [1.82, 2.24) is 10.2 Å². The Hall–Kier alpha value is -1.92. The van der Waals surface area contributed by atoms with Gasteiger partial charge in [-0.2, -0.15) is 0 Å². The molecule has 0 aliphatic carbocycles. The summed E-state index contributed by atoms with van der Waals surface area (Å²) >= 11 is 0. The summed E-state index contributed by atoms with van der Waals surface area (Å²) in [5.74, 6) is -0.995. The lowest BCUT2D eigenvalue weighted by molar-refractivity contribution is -0.149. The van der Waals surface area contributed by atoms with E-state index < -0.39 is 12.0 Å². The van der Waals surface area contributed by atoms with E-state index >= 15 is 0 Å². The van der Waals surface area contributed by atoms with Gasteiger partial charge in [0.05, 0.1) is 6.04 Å². The number of nitrogens with one attached hydrogen (secondary N) is 1. The number of carboxylic acid groups (broad SMARTS) is 1. The molecule has 1 saturated heterocycles. The summed E-state index contributed by atoms with van der Waals surface area (Å²) < 4.78 is 0. The lowest BCUT2D eigenvalue weighted by atomic mass is 10.1. The van der Waals surface area contributed by atoms with E-state index in [1.807, 2.05) is 18.2 Å². The van der Waals surface area contributed by atoms with Gasteiger partial charge in [-0.25, -0.2) is 4.79 Å². The van der Waals surface area contributed by atoms with Crippen LogP contribution >= 0.6 is 0 Å². The van der Waals surface area contributed by atoms with Gasteiger partial charge in [0.1, 0.15) is 6.04 Å². The summed E-state index contributed by atoms with van der Waals surface area (Å²) in [6, 6.07) is 9.09. The number of carbonyl (C=O) groups is 2. The summed E-state index contributed by atoms with van der Waals surface area (Å²) in [6.45, 7) is 1.82. The molecule has 1 aromatic carbocycles. The van der Waals surface area contributed by atoms with E-state index in [0.29, 0.717) is 32.5 Å². The van der Waals surface area contributed by atoms with Crippen LogP contribution in [-0.2, 0) is 16.0 Å². The molecule has 0 aromatic heterocycles. The first-order valence-electron chi connectivity index (χ1n) is 9.14. The Balaban J connectivity index is 1.93. The number of carboxylic acids is 1. The van der Waals surface area contributed by atoms with Crippen LogP contribution in [0.15, 0.2) is 30.3 Å². The van der Waals surface area contributed by atoms with Crippen LogP contribution in [0.5, 0.6) is 0 Å². The maximum Gasteiger partial charge on any atom is 0.326 e. The van der Waals surface area contributed by atoms with Crippen LogP contribution in [0.3, 0.4) is 0 Å². The maximum atomic E-state index is 12.9. The van der Waals surface area contributed by atoms with Crippen LogP contribution in [0.1, 0.15) is 37.7 Å². The number of hydrogen-bond acceptors (Lipinski definition) is 4. The first-order valence-corrected chi connectivity index (χ1v) is 9.14. The van der Waals surface area contributed by atoms with E-state index in [0.717, 1.165) is 25.7 Å². The second-order valence-corrected chi connectivity index (χ2v) is 6.55. The molecule has 4 N–H and O–H groups in total. The molecule has 1 heterocycles. The molecule has 1 fully saturated rings. The number of likely N-dealkylation sites (tertiary alicyclic amines) is 1. The van der Waals surface area contributed by atoms with Gasteiger partial charge >= 0.3 is 5.97 Å². The largest absolute Gasteiger partial charge is 0.480 e. The van der Waals surface area contributed by atoms with Gasteiger partial charge in [-0.05, 0) is 50.8 Å². The first kappa shape index (κ1) is 19.4. The van der Waals surface area contributed by atoms with Crippen molar-refractivity contribution in [2.75, 3.05) is 19.6 Å². The van der Waals surface area contributed by atoms with E-state index in [4.69, 9.17) is 5.73 Å². The van der Waals surface area contributed by atoms with Gasteiger partial charge in [0.25, 0.3) is 0 Å². The van der Waals surface area contributed by atoms with Crippen LogP contribution in [0, 0.1) is 0 Å². The fraction of sp³-hybridized carbons (Fsp3) is 0.579. The lowest BCUT2D eigenvalue weighted by Crippen LogP contribution is -2.50. The molecular formula is C19H29N3O3. The summed E-state index contributed by atoms with van der Waals surface area (Å²) in [5, 5.41) is 12.7. The molecule has 0 saturated carbocycles. The second-order valence-electron chi connectivity index (χ2n) is 6.55. The first-order chi connectivity index (χ1) is 12.1. The van der Waals surface area contributed by atoms with Crippen molar-refractivity contribution >= 4 is 11.9 Å². The van der Waals surface area contributed by atoms with Gasteiger partial charge in [-0.15, -0.1) is 0 Å². The third-order valence-electron chi connectivity index (χ3n) is 4.71. The molecule has 25 heavy (non-hydrogen) atoms. The zero-order chi connectivity index (χ0) is 18.1. The Bertz CT molecular complexity index is 550. The highest BCUT2D eigenvalue weighted by Gasteiger charge is 2.36. The summed E-state index contributed by atoms with van der Waals surface area (Å²) in [5.41, 5.74) is 6.77. The Labute approximate surface area is 149 Å². The standard InChI is InChI=1S/C19H29N3O3/c20-12-5-4-9-16(21-13-11-15-7-2-1-3-8-15)18(23)22-14-6-10-17(22)19(24)25/h1-3,7-8,16-17,21H,4-6,9-14,20H2,(H,24,25)/t16-,17+/m0/s1. The van der Waals surface area contributed by atoms with E-state index in [1.165, 1.54) is 10.5 Å². The molecule has 2 atom stereocenters. The highest BCUT2D eigenvalue weighted by Crippen LogP contribution is 2.19. The van der Waals surface area contributed by atoms with Crippen molar-refractivity contribution in [2.24, 2.45) is 5.73 Å². The summed E-state index contributed by atoms with van der Waals surface area (Å²) in [6.07, 6.45) is 4.55.